The van der Waals surface area contributed by atoms with Gasteiger partial charge in [0, 0.05) is 19.2 Å². The fourth-order valence-corrected chi connectivity index (χ4v) is 3.49. The number of thiophene rings is 1. The maximum absolute atomic E-state index is 12.8. The van der Waals surface area contributed by atoms with Gasteiger partial charge in [0.05, 0.1) is 15.6 Å². The van der Waals surface area contributed by atoms with E-state index in [1.807, 2.05) is 0 Å². The highest BCUT2D eigenvalue weighted by Gasteiger charge is 2.31. The molecule has 0 saturated heterocycles. The fourth-order valence-electron chi connectivity index (χ4n) is 2.71. The van der Waals surface area contributed by atoms with Crippen LogP contribution in [0, 0.1) is 0 Å². The Labute approximate surface area is 185 Å². The minimum Gasteiger partial charge on any atom is -0.406 e. The SMILES string of the molecule is CN(Cc1ccc(OC(F)(F)F)cc1)C(=O)c1ccc(Cl)c(NC(=O)c2cccs2)c1. The third kappa shape index (κ3) is 6.22. The predicted octanol–water partition coefficient (Wildman–Crippen LogP) is 5.82. The van der Waals surface area contributed by atoms with Crippen LogP contribution in [0.5, 0.6) is 5.75 Å². The molecule has 0 unspecified atom stereocenters. The number of rotatable bonds is 6. The lowest BCUT2D eigenvalue weighted by atomic mass is 10.1. The number of anilines is 1. The Balaban J connectivity index is 1.68. The molecule has 5 nitrogen and oxygen atoms in total. The number of nitrogens with one attached hydrogen (secondary N) is 1. The normalized spacial score (nSPS) is 11.1. The van der Waals surface area contributed by atoms with E-state index in [-0.39, 0.29) is 29.1 Å². The summed E-state index contributed by atoms with van der Waals surface area (Å²) in [5.41, 5.74) is 1.21. The molecule has 0 bridgehead atoms. The largest absolute Gasteiger partial charge is 0.573 e. The van der Waals surface area contributed by atoms with Gasteiger partial charge in [0.2, 0.25) is 0 Å². The molecule has 31 heavy (non-hydrogen) atoms. The van der Waals surface area contributed by atoms with Crippen LogP contribution in [-0.4, -0.2) is 30.1 Å². The van der Waals surface area contributed by atoms with Crippen molar-refractivity contribution in [2.24, 2.45) is 0 Å². The van der Waals surface area contributed by atoms with E-state index in [1.54, 1.807) is 24.6 Å². The van der Waals surface area contributed by atoms with Gasteiger partial charge in [-0.2, -0.15) is 0 Å². The molecule has 0 atom stereocenters. The first kappa shape index (κ1) is 22.6. The van der Waals surface area contributed by atoms with Crippen LogP contribution in [0.25, 0.3) is 0 Å². The van der Waals surface area contributed by atoms with Gasteiger partial charge in [0.1, 0.15) is 5.75 Å². The van der Waals surface area contributed by atoms with E-state index in [1.165, 1.54) is 58.7 Å². The molecule has 10 heteroatoms. The molecule has 3 aromatic rings. The summed E-state index contributed by atoms with van der Waals surface area (Å²) in [6.45, 7) is 0.157. The number of carbonyl (C=O) groups excluding carboxylic acids is 2. The number of alkyl halides is 3. The Morgan fingerprint density at radius 3 is 2.45 bits per heavy atom. The topological polar surface area (TPSA) is 58.6 Å². The standard InChI is InChI=1S/C21H16ClF3N2O3S/c1-27(12-13-4-7-15(8-5-13)30-21(23,24)25)20(29)14-6-9-16(22)17(11-14)26-19(28)18-3-2-10-31-18/h2-11H,12H2,1H3,(H,26,28). The third-order valence-electron chi connectivity index (χ3n) is 4.13. The van der Waals surface area contributed by atoms with E-state index in [0.717, 1.165) is 0 Å². The Morgan fingerprint density at radius 2 is 1.84 bits per heavy atom. The van der Waals surface area contributed by atoms with Crippen molar-refractivity contribution in [2.75, 3.05) is 12.4 Å². The molecule has 0 radical (unpaired) electrons. The predicted molar refractivity (Wildman–Crippen MR) is 113 cm³/mol. The first-order chi connectivity index (χ1) is 14.6. The summed E-state index contributed by atoms with van der Waals surface area (Å²) in [6, 6.07) is 13.2. The zero-order valence-electron chi connectivity index (χ0n) is 16.1. The average Bonchev–Trinajstić information content (AvgIpc) is 3.24. The Bertz CT molecular complexity index is 1070. The highest BCUT2D eigenvalue weighted by Crippen LogP contribution is 2.26. The lowest BCUT2D eigenvalue weighted by Gasteiger charge is -2.18. The van der Waals surface area contributed by atoms with Crippen molar-refractivity contribution in [3.8, 4) is 5.75 Å². The minimum absolute atomic E-state index is 0.157. The number of amides is 2. The van der Waals surface area contributed by atoms with Crippen molar-refractivity contribution in [3.63, 3.8) is 0 Å². The summed E-state index contributed by atoms with van der Waals surface area (Å²) >= 11 is 7.42. The second-order valence-electron chi connectivity index (χ2n) is 6.48. The average molecular weight is 469 g/mol. The summed E-state index contributed by atoms with van der Waals surface area (Å²) in [4.78, 5) is 26.9. The number of nitrogens with zero attached hydrogens (tertiary/aromatic N) is 1. The molecule has 2 aromatic carbocycles. The van der Waals surface area contributed by atoms with Gasteiger partial charge in [0.25, 0.3) is 11.8 Å². The number of ether oxygens (including phenoxy) is 1. The van der Waals surface area contributed by atoms with Crippen LogP contribution in [0.4, 0.5) is 18.9 Å². The van der Waals surface area contributed by atoms with Crippen molar-refractivity contribution in [1.82, 2.24) is 4.90 Å². The van der Waals surface area contributed by atoms with Gasteiger partial charge in [0.15, 0.2) is 0 Å². The Kier molecular flexibility index (Phi) is 6.87. The Morgan fingerprint density at radius 1 is 1.13 bits per heavy atom. The van der Waals surface area contributed by atoms with E-state index in [0.29, 0.717) is 21.7 Å². The van der Waals surface area contributed by atoms with Gasteiger partial charge in [-0.25, -0.2) is 0 Å². The highest BCUT2D eigenvalue weighted by molar-refractivity contribution is 7.12. The molecule has 0 fully saturated rings. The van der Waals surface area contributed by atoms with Gasteiger partial charge in [-0.15, -0.1) is 24.5 Å². The van der Waals surface area contributed by atoms with E-state index < -0.39 is 6.36 Å². The number of benzene rings is 2. The molecule has 0 aliphatic heterocycles. The molecule has 2 amide bonds. The van der Waals surface area contributed by atoms with E-state index in [9.17, 15) is 22.8 Å². The van der Waals surface area contributed by atoms with Crippen LogP contribution in [0.3, 0.4) is 0 Å². The van der Waals surface area contributed by atoms with Crippen LogP contribution >= 0.6 is 22.9 Å². The molecule has 1 heterocycles. The van der Waals surface area contributed by atoms with Gasteiger partial charge in [-0.3, -0.25) is 9.59 Å². The summed E-state index contributed by atoms with van der Waals surface area (Å²) in [6.07, 6.45) is -4.76. The van der Waals surface area contributed by atoms with Gasteiger partial charge in [-0.1, -0.05) is 29.8 Å². The smallest absolute Gasteiger partial charge is 0.406 e. The molecule has 0 saturated carbocycles. The van der Waals surface area contributed by atoms with Gasteiger partial charge in [-0.05, 0) is 47.3 Å². The van der Waals surface area contributed by atoms with Crippen LogP contribution in [0.2, 0.25) is 5.02 Å². The van der Waals surface area contributed by atoms with Crippen molar-refractivity contribution in [3.05, 3.63) is 81.0 Å². The maximum Gasteiger partial charge on any atom is 0.573 e. The van der Waals surface area contributed by atoms with Crippen LogP contribution in [-0.2, 0) is 6.54 Å². The van der Waals surface area contributed by atoms with Crippen LogP contribution in [0.15, 0.2) is 60.0 Å². The number of hydrogen-bond donors (Lipinski definition) is 1. The molecular weight excluding hydrogens is 453 g/mol. The minimum atomic E-state index is -4.76. The lowest BCUT2D eigenvalue weighted by Crippen LogP contribution is -2.26. The zero-order valence-corrected chi connectivity index (χ0v) is 17.6. The van der Waals surface area contributed by atoms with E-state index >= 15 is 0 Å². The second kappa shape index (κ2) is 9.40. The maximum atomic E-state index is 12.8. The molecule has 1 N–H and O–H groups in total. The number of halogens is 4. The quantitative estimate of drug-likeness (QED) is 0.495. The number of hydrogen-bond acceptors (Lipinski definition) is 4. The summed E-state index contributed by atoms with van der Waals surface area (Å²) in [5, 5.41) is 4.74. The van der Waals surface area contributed by atoms with Crippen molar-refractivity contribution in [2.45, 2.75) is 12.9 Å². The summed E-state index contributed by atoms with van der Waals surface area (Å²) in [5.74, 6) is -1.02. The molecular formula is C21H16ClF3N2O3S. The van der Waals surface area contributed by atoms with E-state index in [2.05, 4.69) is 10.1 Å². The number of carbonyl (C=O) groups is 2. The monoisotopic (exact) mass is 468 g/mol. The van der Waals surface area contributed by atoms with E-state index in [4.69, 9.17) is 11.6 Å². The van der Waals surface area contributed by atoms with Crippen molar-refractivity contribution >= 4 is 40.4 Å². The van der Waals surface area contributed by atoms with Gasteiger partial charge < -0.3 is 15.0 Å². The van der Waals surface area contributed by atoms with Crippen LogP contribution in [0.1, 0.15) is 25.6 Å². The molecule has 1 aromatic heterocycles. The summed E-state index contributed by atoms with van der Waals surface area (Å²) in [7, 11) is 1.56. The molecule has 0 spiro atoms. The summed E-state index contributed by atoms with van der Waals surface area (Å²) < 4.78 is 40.6. The van der Waals surface area contributed by atoms with Crippen molar-refractivity contribution in [1.29, 1.82) is 0 Å². The fraction of sp³-hybridized carbons (Fsp3) is 0.143. The molecule has 3 rings (SSSR count). The second-order valence-corrected chi connectivity index (χ2v) is 7.83. The molecule has 0 aliphatic rings. The first-order valence-electron chi connectivity index (χ1n) is 8.87. The highest BCUT2D eigenvalue weighted by atomic mass is 35.5. The zero-order chi connectivity index (χ0) is 22.6. The molecule has 162 valence electrons. The first-order valence-corrected chi connectivity index (χ1v) is 10.1. The molecule has 0 aliphatic carbocycles. The van der Waals surface area contributed by atoms with Gasteiger partial charge >= 0.3 is 6.36 Å². The third-order valence-corrected chi connectivity index (χ3v) is 5.33. The lowest BCUT2D eigenvalue weighted by molar-refractivity contribution is -0.274. The Hall–Kier alpha value is -3.04. The van der Waals surface area contributed by atoms with Crippen molar-refractivity contribution < 1.29 is 27.5 Å². The van der Waals surface area contributed by atoms with Crippen LogP contribution < -0.4 is 10.1 Å².